The Balaban J connectivity index is 2.38. The van der Waals surface area contributed by atoms with Gasteiger partial charge >= 0.3 is 0 Å². The van der Waals surface area contributed by atoms with E-state index in [1.165, 1.54) is 6.92 Å². The number of halogens is 1. The van der Waals surface area contributed by atoms with E-state index in [-0.39, 0.29) is 5.78 Å². The largest absolute Gasteiger partial charge is 0.294 e. The van der Waals surface area contributed by atoms with Crippen LogP contribution in [0.1, 0.15) is 17.3 Å². The predicted molar refractivity (Wildman–Crippen MR) is 65.2 cm³/mol. The molecule has 0 aromatic carbocycles. The van der Waals surface area contributed by atoms with Gasteiger partial charge in [0.05, 0.1) is 11.4 Å². The van der Waals surface area contributed by atoms with Crippen LogP contribution in [0.15, 0.2) is 41.1 Å². The summed E-state index contributed by atoms with van der Waals surface area (Å²) in [6, 6.07) is 9.18. The van der Waals surface area contributed by atoms with Gasteiger partial charge in [0.25, 0.3) is 0 Å². The normalized spacial score (nSPS) is 10.1. The number of carbonyl (C=O) groups excluding carboxylic acids is 1. The second-order valence-corrected chi connectivity index (χ2v) is 4.15. The van der Waals surface area contributed by atoms with E-state index in [9.17, 15) is 4.79 Å². The third-order valence-electron chi connectivity index (χ3n) is 2.15. The highest BCUT2D eigenvalue weighted by atomic mass is 79.9. The van der Waals surface area contributed by atoms with E-state index in [0.717, 1.165) is 16.0 Å². The Bertz CT molecular complexity index is 523. The van der Waals surface area contributed by atoms with Gasteiger partial charge in [-0.05, 0) is 47.1 Å². The fourth-order valence-corrected chi connectivity index (χ4v) is 1.65. The minimum atomic E-state index is 0.0150. The molecule has 0 aliphatic carbocycles. The number of hydrogen-bond acceptors (Lipinski definition) is 3. The number of carbonyl (C=O) groups is 1. The van der Waals surface area contributed by atoms with E-state index in [1.54, 1.807) is 18.3 Å². The quantitative estimate of drug-likeness (QED) is 0.625. The summed E-state index contributed by atoms with van der Waals surface area (Å²) >= 11 is 3.30. The van der Waals surface area contributed by atoms with Crippen molar-refractivity contribution in [3.8, 4) is 11.4 Å². The maximum atomic E-state index is 11.1. The molecule has 2 aromatic heterocycles. The molecular formula is C12H9BrN2O. The average Bonchev–Trinajstić information content (AvgIpc) is 2.29. The molecule has 0 spiro atoms. The topological polar surface area (TPSA) is 42.9 Å². The van der Waals surface area contributed by atoms with Crippen molar-refractivity contribution in [1.29, 1.82) is 0 Å². The summed E-state index contributed by atoms with van der Waals surface area (Å²) in [6.45, 7) is 1.52. The maximum absolute atomic E-state index is 11.1. The maximum Gasteiger partial charge on any atom is 0.161 e. The lowest BCUT2D eigenvalue weighted by Crippen LogP contribution is -1.94. The molecule has 0 aliphatic rings. The summed E-state index contributed by atoms with van der Waals surface area (Å²) in [5, 5.41) is 0. The zero-order valence-corrected chi connectivity index (χ0v) is 10.2. The van der Waals surface area contributed by atoms with E-state index in [0.29, 0.717) is 5.56 Å². The Morgan fingerprint density at radius 3 is 2.56 bits per heavy atom. The minimum Gasteiger partial charge on any atom is -0.294 e. The first-order chi connectivity index (χ1) is 7.66. The number of ketones is 1. The van der Waals surface area contributed by atoms with E-state index >= 15 is 0 Å². The summed E-state index contributed by atoms with van der Waals surface area (Å²) in [5.74, 6) is 0.0150. The minimum absolute atomic E-state index is 0.0150. The van der Waals surface area contributed by atoms with Crippen LogP contribution in [0.3, 0.4) is 0 Å². The lowest BCUT2D eigenvalue weighted by atomic mass is 10.2. The van der Waals surface area contributed by atoms with Crippen molar-refractivity contribution in [2.75, 3.05) is 0 Å². The van der Waals surface area contributed by atoms with Crippen LogP contribution < -0.4 is 0 Å². The Morgan fingerprint density at radius 2 is 2.00 bits per heavy atom. The van der Waals surface area contributed by atoms with E-state index in [2.05, 4.69) is 25.9 Å². The number of hydrogen-bond donors (Lipinski definition) is 0. The van der Waals surface area contributed by atoms with E-state index in [4.69, 9.17) is 0 Å². The highest BCUT2D eigenvalue weighted by molar-refractivity contribution is 9.10. The first-order valence-electron chi connectivity index (χ1n) is 4.77. The zero-order chi connectivity index (χ0) is 11.5. The molecule has 2 heterocycles. The van der Waals surface area contributed by atoms with Crippen molar-refractivity contribution < 1.29 is 4.79 Å². The van der Waals surface area contributed by atoms with Gasteiger partial charge in [-0.3, -0.25) is 9.78 Å². The molecule has 0 unspecified atom stereocenters. The summed E-state index contributed by atoms with van der Waals surface area (Å²) in [5.41, 5.74) is 2.15. The summed E-state index contributed by atoms with van der Waals surface area (Å²) < 4.78 is 0.766. The second kappa shape index (κ2) is 4.53. The van der Waals surface area contributed by atoms with Crippen molar-refractivity contribution in [1.82, 2.24) is 9.97 Å². The summed E-state index contributed by atoms with van der Waals surface area (Å²) in [4.78, 5) is 19.6. The Hall–Kier alpha value is -1.55. The lowest BCUT2D eigenvalue weighted by molar-refractivity contribution is 0.101. The molecular weight excluding hydrogens is 268 g/mol. The molecule has 0 bridgehead atoms. The van der Waals surface area contributed by atoms with Gasteiger partial charge in [-0.15, -0.1) is 0 Å². The fraction of sp³-hybridized carbons (Fsp3) is 0.0833. The molecule has 3 nitrogen and oxygen atoms in total. The molecule has 0 radical (unpaired) electrons. The number of nitrogens with zero attached hydrogens (tertiary/aromatic N) is 2. The SMILES string of the molecule is CC(=O)c1ccc(-c2cccc(Br)n2)nc1. The first kappa shape index (κ1) is 11.0. The van der Waals surface area contributed by atoms with Crippen molar-refractivity contribution in [2.24, 2.45) is 0 Å². The third kappa shape index (κ3) is 2.33. The van der Waals surface area contributed by atoms with Gasteiger partial charge in [-0.1, -0.05) is 6.07 Å². The average molecular weight is 277 g/mol. The van der Waals surface area contributed by atoms with Crippen molar-refractivity contribution in [3.63, 3.8) is 0 Å². The monoisotopic (exact) mass is 276 g/mol. The van der Waals surface area contributed by atoms with Crippen molar-refractivity contribution in [3.05, 3.63) is 46.7 Å². The smallest absolute Gasteiger partial charge is 0.161 e. The molecule has 0 amide bonds. The molecule has 0 atom stereocenters. The Labute approximate surface area is 102 Å². The number of Topliss-reactive ketones (excluding diaryl/α,β-unsaturated/α-hetero) is 1. The first-order valence-corrected chi connectivity index (χ1v) is 5.56. The second-order valence-electron chi connectivity index (χ2n) is 3.33. The molecule has 80 valence electrons. The molecule has 4 heteroatoms. The van der Waals surface area contributed by atoms with Crippen LogP contribution in [0.4, 0.5) is 0 Å². The predicted octanol–water partition coefficient (Wildman–Crippen LogP) is 3.11. The summed E-state index contributed by atoms with van der Waals surface area (Å²) in [6.07, 6.45) is 1.57. The lowest BCUT2D eigenvalue weighted by Gasteiger charge is -2.01. The molecule has 0 saturated heterocycles. The highest BCUT2D eigenvalue weighted by Crippen LogP contribution is 2.17. The summed E-state index contributed by atoms with van der Waals surface area (Å²) in [7, 11) is 0. The van der Waals surface area contributed by atoms with E-state index in [1.807, 2.05) is 18.2 Å². The van der Waals surface area contributed by atoms with Gasteiger partial charge in [0.1, 0.15) is 4.60 Å². The fourth-order valence-electron chi connectivity index (χ4n) is 1.30. The van der Waals surface area contributed by atoms with Gasteiger partial charge in [-0.2, -0.15) is 0 Å². The van der Waals surface area contributed by atoms with Crippen LogP contribution in [-0.4, -0.2) is 15.8 Å². The van der Waals surface area contributed by atoms with E-state index < -0.39 is 0 Å². The number of rotatable bonds is 2. The van der Waals surface area contributed by atoms with Crippen LogP contribution in [0.5, 0.6) is 0 Å². The molecule has 2 rings (SSSR count). The third-order valence-corrected chi connectivity index (χ3v) is 2.59. The van der Waals surface area contributed by atoms with Gasteiger partial charge in [0.15, 0.2) is 5.78 Å². The number of aromatic nitrogens is 2. The van der Waals surface area contributed by atoms with Crippen LogP contribution >= 0.6 is 15.9 Å². The van der Waals surface area contributed by atoms with Gasteiger partial charge in [0, 0.05) is 11.8 Å². The van der Waals surface area contributed by atoms with Gasteiger partial charge in [0.2, 0.25) is 0 Å². The van der Waals surface area contributed by atoms with Crippen LogP contribution in [0.2, 0.25) is 0 Å². The highest BCUT2D eigenvalue weighted by Gasteiger charge is 2.03. The number of pyridine rings is 2. The van der Waals surface area contributed by atoms with Crippen molar-refractivity contribution in [2.45, 2.75) is 6.92 Å². The van der Waals surface area contributed by atoms with Crippen LogP contribution in [0.25, 0.3) is 11.4 Å². The Morgan fingerprint density at radius 1 is 1.19 bits per heavy atom. The van der Waals surface area contributed by atoms with Crippen LogP contribution in [-0.2, 0) is 0 Å². The molecule has 0 saturated carbocycles. The molecule has 0 fully saturated rings. The molecule has 0 N–H and O–H groups in total. The van der Waals surface area contributed by atoms with Crippen LogP contribution in [0, 0.1) is 0 Å². The molecule has 0 aliphatic heterocycles. The van der Waals surface area contributed by atoms with Gasteiger partial charge < -0.3 is 0 Å². The molecule has 16 heavy (non-hydrogen) atoms. The van der Waals surface area contributed by atoms with Gasteiger partial charge in [-0.25, -0.2) is 4.98 Å². The van der Waals surface area contributed by atoms with Crippen molar-refractivity contribution >= 4 is 21.7 Å². The zero-order valence-electron chi connectivity index (χ0n) is 8.64. The Kier molecular flexibility index (Phi) is 3.10. The molecule has 2 aromatic rings. The standard InChI is InChI=1S/C12H9BrN2O/c1-8(16)9-5-6-10(14-7-9)11-3-2-4-12(13)15-11/h2-7H,1H3.